The molecule has 2 heterocycles. The van der Waals surface area contributed by atoms with E-state index in [1.165, 1.54) is 19.2 Å². The highest BCUT2D eigenvalue weighted by atomic mass is 35.5. The van der Waals surface area contributed by atoms with E-state index >= 15 is 0 Å². The first kappa shape index (κ1) is 19.8. The minimum absolute atomic E-state index is 0. The van der Waals surface area contributed by atoms with Crippen LogP contribution in [0.3, 0.4) is 0 Å². The molecular weight excluding hydrogens is 370 g/mol. The number of halogens is 1. The van der Waals surface area contributed by atoms with Crippen molar-refractivity contribution >= 4 is 34.0 Å². The van der Waals surface area contributed by atoms with Crippen molar-refractivity contribution in [1.29, 1.82) is 0 Å². The molecule has 1 amide bonds. The fourth-order valence-electron chi connectivity index (χ4n) is 2.98. The predicted molar refractivity (Wildman–Crippen MR) is 95.2 cm³/mol. The molecule has 1 aromatic rings. The van der Waals surface area contributed by atoms with Gasteiger partial charge in [0, 0.05) is 24.2 Å². The molecule has 0 saturated carbocycles. The molecule has 1 saturated heterocycles. The molecule has 1 fully saturated rings. The first-order chi connectivity index (χ1) is 11.4. The summed E-state index contributed by atoms with van der Waals surface area (Å²) in [6.07, 6.45) is 1.45. The number of carbonyl (C=O) groups is 1. The number of hydrogen-bond acceptors (Lipinski definition) is 6. The number of fused-ring (bicyclic) bond motifs is 1. The fraction of sp³-hybridized carbons (Fsp3) is 0.533. The highest BCUT2D eigenvalue weighted by Crippen LogP contribution is 2.37. The minimum atomic E-state index is -3.77. The Morgan fingerprint density at radius 3 is 2.80 bits per heavy atom. The normalized spacial score (nSPS) is 22.9. The Bertz CT molecular complexity index is 756. The maximum absolute atomic E-state index is 12.8. The Balaban J connectivity index is 0.00000225. The summed E-state index contributed by atoms with van der Waals surface area (Å²) in [5.41, 5.74) is 0.400. The van der Waals surface area contributed by atoms with Crippen molar-refractivity contribution in [2.45, 2.75) is 36.7 Å². The lowest BCUT2D eigenvalue weighted by molar-refractivity contribution is -0.118. The Morgan fingerprint density at radius 1 is 1.36 bits per heavy atom. The van der Waals surface area contributed by atoms with Crippen LogP contribution in [0.4, 0.5) is 5.69 Å². The Labute approximate surface area is 153 Å². The van der Waals surface area contributed by atoms with Gasteiger partial charge >= 0.3 is 0 Å². The van der Waals surface area contributed by atoms with Crippen LogP contribution in [0.15, 0.2) is 17.0 Å². The molecule has 3 rings (SSSR count). The van der Waals surface area contributed by atoms with Gasteiger partial charge in [0.05, 0.1) is 12.8 Å². The smallest absolute Gasteiger partial charge is 0.262 e. The summed E-state index contributed by atoms with van der Waals surface area (Å²) in [6, 6.07) is 2.98. The Kier molecular flexibility index (Phi) is 6.15. The van der Waals surface area contributed by atoms with E-state index in [-0.39, 0.29) is 47.6 Å². The molecule has 1 aromatic carbocycles. The summed E-state index contributed by atoms with van der Waals surface area (Å²) in [6.45, 7) is 2.65. The summed E-state index contributed by atoms with van der Waals surface area (Å²) in [5, 5.41) is 5.92. The van der Waals surface area contributed by atoms with Crippen molar-refractivity contribution in [3.8, 4) is 11.5 Å². The minimum Gasteiger partial charge on any atom is -0.495 e. The van der Waals surface area contributed by atoms with Crippen LogP contribution in [0.1, 0.15) is 19.8 Å². The highest BCUT2D eigenvalue weighted by Gasteiger charge is 2.29. The molecule has 140 valence electrons. The van der Waals surface area contributed by atoms with Gasteiger partial charge in [-0.1, -0.05) is 0 Å². The molecule has 2 unspecified atom stereocenters. The van der Waals surface area contributed by atoms with Crippen molar-refractivity contribution in [3.63, 3.8) is 0 Å². The molecule has 0 radical (unpaired) electrons. The third-order valence-electron chi connectivity index (χ3n) is 4.13. The number of ether oxygens (including phenoxy) is 2. The average Bonchev–Trinajstić information content (AvgIpc) is 2.53. The maximum Gasteiger partial charge on any atom is 0.262 e. The van der Waals surface area contributed by atoms with Crippen molar-refractivity contribution < 1.29 is 22.7 Å². The number of anilines is 1. The van der Waals surface area contributed by atoms with E-state index in [4.69, 9.17) is 9.47 Å². The summed E-state index contributed by atoms with van der Waals surface area (Å²) in [5.74, 6) is 0.186. The number of sulfonamides is 1. The molecule has 25 heavy (non-hydrogen) atoms. The largest absolute Gasteiger partial charge is 0.495 e. The maximum atomic E-state index is 12.8. The lowest BCUT2D eigenvalue weighted by atomic mass is 10.0. The molecule has 0 bridgehead atoms. The van der Waals surface area contributed by atoms with Crippen LogP contribution in [-0.4, -0.2) is 46.7 Å². The second-order valence-electron chi connectivity index (χ2n) is 6.03. The van der Waals surface area contributed by atoms with Gasteiger partial charge in [0.15, 0.2) is 6.61 Å². The van der Waals surface area contributed by atoms with Crippen molar-refractivity contribution in [1.82, 2.24) is 10.0 Å². The second kappa shape index (κ2) is 7.77. The lowest BCUT2D eigenvalue weighted by Crippen LogP contribution is -2.46. The molecule has 3 N–H and O–H groups in total. The van der Waals surface area contributed by atoms with Gasteiger partial charge in [0.2, 0.25) is 10.0 Å². The van der Waals surface area contributed by atoms with Gasteiger partial charge in [0.25, 0.3) is 5.91 Å². The van der Waals surface area contributed by atoms with E-state index in [1.54, 1.807) is 0 Å². The van der Waals surface area contributed by atoms with Crippen LogP contribution in [0.25, 0.3) is 0 Å². The molecule has 0 spiro atoms. The number of hydrogen-bond donors (Lipinski definition) is 3. The molecular formula is C15H22ClN3O5S. The zero-order chi connectivity index (χ0) is 17.3. The van der Waals surface area contributed by atoms with E-state index in [9.17, 15) is 13.2 Å². The number of piperidine rings is 1. The predicted octanol–water partition coefficient (Wildman–Crippen LogP) is 0.867. The first-order valence-corrected chi connectivity index (χ1v) is 9.28. The van der Waals surface area contributed by atoms with Crippen LogP contribution >= 0.6 is 12.4 Å². The van der Waals surface area contributed by atoms with Gasteiger partial charge in [-0.05, 0) is 26.3 Å². The third-order valence-corrected chi connectivity index (χ3v) is 5.68. The number of nitrogens with one attached hydrogen (secondary N) is 3. The van der Waals surface area contributed by atoms with E-state index in [0.717, 1.165) is 19.4 Å². The molecule has 8 nitrogen and oxygen atoms in total. The zero-order valence-electron chi connectivity index (χ0n) is 14.0. The van der Waals surface area contributed by atoms with Crippen molar-refractivity contribution in [2.75, 3.05) is 25.6 Å². The highest BCUT2D eigenvalue weighted by molar-refractivity contribution is 7.89. The summed E-state index contributed by atoms with van der Waals surface area (Å²) in [4.78, 5) is 11.4. The SMILES string of the molecule is COc1cc2c(cc1S(=O)(=O)NC1CCNC(C)C1)OCC(=O)N2.Cl. The van der Waals surface area contributed by atoms with Gasteiger partial charge in [0.1, 0.15) is 16.4 Å². The van der Waals surface area contributed by atoms with E-state index in [1.807, 2.05) is 6.92 Å². The van der Waals surface area contributed by atoms with Gasteiger partial charge < -0.3 is 20.1 Å². The van der Waals surface area contributed by atoms with Crippen LogP contribution in [-0.2, 0) is 14.8 Å². The third kappa shape index (κ3) is 4.35. The molecule has 2 aliphatic rings. The zero-order valence-corrected chi connectivity index (χ0v) is 15.6. The van der Waals surface area contributed by atoms with Crippen LogP contribution in [0, 0.1) is 0 Å². The van der Waals surface area contributed by atoms with Gasteiger partial charge in [-0.25, -0.2) is 13.1 Å². The van der Waals surface area contributed by atoms with Gasteiger partial charge in [-0.15, -0.1) is 12.4 Å². The number of carbonyl (C=O) groups excluding carboxylic acids is 1. The number of amides is 1. The topological polar surface area (TPSA) is 106 Å². The molecule has 0 aliphatic carbocycles. The van der Waals surface area contributed by atoms with Crippen molar-refractivity contribution in [2.24, 2.45) is 0 Å². The number of benzene rings is 1. The Hall–Kier alpha value is -1.55. The summed E-state index contributed by atoms with van der Waals surface area (Å²) >= 11 is 0. The molecule has 10 heteroatoms. The van der Waals surface area contributed by atoms with Gasteiger partial charge in [-0.2, -0.15) is 0 Å². The second-order valence-corrected chi connectivity index (χ2v) is 7.72. The van der Waals surface area contributed by atoms with E-state index in [0.29, 0.717) is 11.4 Å². The molecule has 2 atom stereocenters. The van der Waals surface area contributed by atoms with Gasteiger partial charge in [-0.3, -0.25) is 4.79 Å². The van der Waals surface area contributed by atoms with E-state index in [2.05, 4.69) is 15.4 Å². The Morgan fingerprint density at radius 2 is 2.12 bits per heavy atom. The number of rotatable bonds is 4. The quantitative estimate of drug-likeness (QED) is 0.703. The van der Waals surface area contributed by atoms with Crippen LogP contribution in [0.5, 0.6) is 11.5 Å². The standard InChI is InChI=1S/C15H21N3O5S.ClH/c1-9-5-10(3-4-16-9)18-24(20,21)14-7-12-11(6-13(14)22-2)17-15(19)8-23-12;/h6-7,9-10,16,18H,3-5,8H2,1-2H3,(H,17,19);1H. The fourth-order valence-corrected chi connectivity index (χ4v) is 4.43. The summed E-state index contributed by atoms with van der Waals surface area (Å²) in [7, 11) is -2.38. The summed E-state index contributed by atoms with van der Waals surface area (Å²) < 4.78 is 38.8. The average molecular weight is 392 g/mol. The van der Waals surface area contributed by atoms with E-state index < -0.39 is 10.0 Å². The molecule has 2 aliphatic heterocycles. The lowest BCUT2D eigenvalue weighted by Gasteiger charge is -2.29. The monoisotopic (exact) mass is 391 g/mol. The first-order valence-electron chi connectivity index (χ1n) is 7.79. The number of methoxy groups -OCH3 is 1. The van der Waals surface area contributed by atoms with Crippen LogP contribution < -0.4 is 24.8 Å². The van der Waals surface area contributed by atoms with Crippen LogP contribution in [0.2, 0.25) is 0 Å². The van der Waals surface area contributed by atoms with Crippen molar-refractivity contribution in [3.05, 3.63) is 12.1 Å². The molecule has 0 aromatic heterocycles.